The van der Waals surface area contributed by atoms with Crippen LogP contribution in [0.15, 0.2) is 18.2 Å². The summed E-state index contributed by atoms with van der Waals surface area (Å²) in [4.78, 5) is 12.4. The third-order valence-electron chi connectivity index (χ3n) is 3.18. The molecule has 1 saturated heterocycles. The molecule has 1 atom stereocenters. The van der Waals surface area contributed by atoms with Crippen molar-refractivity contribution in [2.75, 3.05) is 13.1 Å². The fraction of sp³-hybridized carbons (Fsp3) is 0.533. The molecular formula is C15H21ClN2O2. The van der Waals surface area contributed by atoms with Crippen LogP contribution in [0.3, 0.4) is 0 Å². The van der Waals surface area contributed by atoms with E-state index in [9.17, 15) is 4.79 Å². The SMILES string of the molecule is CC(C)Oc1ccc(Cl)cc1C(=O)NC1CCCNC1. The Morgan fingerprint density at radius 1 is 1.50 bits per heavy atom. The van der Waals surface area contributed by atoms with Crippen molar-refractivity contribution in [3.63, 3.8) is 0 Å². The predicted molar refractivity (Wildman–Crippen MR) is 80.6 cm³/mol. The molecule has 2 rings (SSSR count). The number of piperidine rings is 1. The van der Waals surface area contributed by atoms with E-state index in [2.05, 4.69) is 10.6 Å². The Kier molecular flexibility index (Phi) is 5.26. The van der Waals surface area contributed by atoms with Gasteiger partial charge < -0.3 is 15.4 Å². The van der Waals surface area contributed by atoms with Crippen LogP contribution < -0.4 is 15.4 Å². The Bertz CT molecular complexity index is 471. The van der Waals surface area contributed by atoms with Crippen molar-refractivity contribution in [3.8, 4) is 5.75 Å². The zero-order chi connectivity index (χ0) is 14.5. The van der Waals surface area contributed by atoms with E-state index in [0.717, 1.165) is 25.9 Å². The lowest BCUT2D eigenvalue weighted by Gasteiger charge is -2.24. The Morgan fingerprint density at radius 3 is 2.95 bits per heavy atom. The molecule has 0 bridgehead atoms. The maximum atomic E-state index is 12.4. The molecule has 0 spiro atoms. The monoisotopic (exact) mass is 296 g/mol. The molecule has 1 aromatic carbocycles. The van der Waals surface area contributed by atoms with Gasteiger partial charge in [0, 0.05) is 17.6 Å². The average molecular weight is 297 g/mol. The number of amides is 1. The van der Waals surface area contributed by atoms with Crippen LogP contribution in [0.25, 0.3) is 0 Å². The molecule has 5 heteroatoms. The number of carbonyl (C=O) groups excluding carboxylic acids is 1. The van der Waals surface area contributed by atoms with Crippen LogP contribution in [0.5, 0.6) is 5.75 Å². The lowest BCUT2D eigenvalue weighted by Crippen LogP contribution is -2.45. The lowest BCUT2D eigenvalue weighted by atomic mass is 10.1. The van der Waals surface area contributed by atoms with Crippen molar-refractivity contribution in [3.05, 3.63) is 28.8 Å². The minimum Gasteiger partial charge on any atom is -0.490 e. The number of rotatable bonds is 4. The number of halogens is 1. The van der Waals surface area contributed by atoms with E-state index in [4.69, 9.17) is 16.3 Å². The summed E-state index contributed by atoms with van der Waals surface area (Å²) in [6, 6.07) is 5.31. The van der Waals surface area contributed by atoms with E-state index >= 15 is 0 Å². The van der Waals surface area contributed by atoms with E-state index in [1.807, 2.05) is 13.8 Å². The minimum absolute atomic E-state index is 0.0130. The number of nitrogens with one attached hydrogen (secondary N) is 2. The topological polar surface area (TPSA) is 50.4 Å². The molecule has 4 nitrogen and oxygen atoms in total. The summed E-state index contributed by atoms with van der Waals surface area (Å²) < 4.78 is 5.68. The number of ether oxygens (including phenoxy) is 1. The van der Waals surface area contributed by atoms with Gasteiger partial charge in [-0.2, -0.15) is 0 Å². The maximum Gasteiger partial charge on any atom is 0.255 e. The van der Waals surface area contributed by atoms with Crippen molar-refractivity contribution in [2.45, 2.75) is 38.8 Å². The van der Waals surface area contributed by atoms with Gasteiger partial charge in [0.05, 0.1) is 11.7 Å². The number of carbonyl (C=O) groups is 1. The first-order valence-electron chi connectivity index (χ1n) is 7.04. The summed E-state index contributed by atoms with van der Waals surface area (Å²) in [5.41, 5.74) is 0.497. The third-order valence-corrected chi connectivity index (χ3v) is 3.42. The summed E-state index contributed by atoms with van der Waals surface area (Å²) in [6.45, 7) is 5.70. The molecule has 1 aromatic rings. The lowest BCUT2D eigenvalue weighted by molar-refractivity contribution is 0.0925. The van der Waals surface area contributed by atoms with Crippen LogP contribution in [0, 0.1) is 0 Å². The van der Waals surface area contributed by atoms with E-state index in [-0.39, 0.29) is 18.1 Å². The second-order valence-electron chi connectivity index (χ2n) is 5.32. The standard InChI is InChI=1S/C15H21ClN2O2/c1-10(2)20-14-6-5-11(16)8-13(14)15(19)18-12-4-3-7-17-9-12/h5-6,8,10,12,17H,3-4,7,9H2,1-2H3,(H,18,19). The smallest absolute Gasteiger partial charge is 0.255 e. The van der Waals surface area contributed by atoms with Gasteiger partial charge in [0.15, 0.2) is 0 Å². The summed E-state index contributed by atoms with van der Waals surface area (Å²) >= 11 is 5.99. The Hall–Kier alpha value is -1.26. The van der Waals surface area contributed by atoms with Crippen LogP contribution in [-0.4, -0.2) is 31.1 Å². The van der Waals surface area contributed by atoms with Gasteiger partial charge >= 0.3 is 0 Å². The van der Waals surface area contributed by atoms with Gasteiger partial charge in [-0.05, 0) is 51.4 Å². The van der Waals surface area contributed by atoms with Crippen molar-refractivity contribution < 1.29 is 9.53 Å². The molecule has 0 aliphatic carbocycles. The highest BCUT2D eigenvalue weighted by Crippen LogP contribution is 2.24. The zero-order valence-corrected chi connectivity index (χ0v) is 12.7. The Labute approximate surface area is 124 Å². The Morgan fingerprint density at radius 2 is 2.30 bits per heavy atom. The van der Waals surface area contributed by atoms with Crippen molar-refractivity contribution in [1.82, 2.24) is 10.6 Å². The Balaban J connectivity index is 2.12. The third kappa shape index (κ3) is 4.12. The molecule has 1 fully saturated rings. The largest absolute Gasteiger partial charge is 0.490 e. The summed E-state index contributed by atoms with van der Waals surface area (Å²) in [5.74, 6) is 0.447. The molecule has 1 amide bonds. The van der Waals surface area contributed by atoms with E-state index in [0.29, 0.717) is 16.3 Å². The van der Waals surface area contributed by atoms with E-state index in [1.54, 1.807) is 18.2 Å². The van der Waals surface area contributed by atoms with E-state index in [1.165, 1.54) is 0 Å². The van der Waals surface area contributed by atoms with Gasteiger partial charge in [0.1, 0.15) is 5.75 Å². The molecule has 1 aliphatic heterocycles. The first kappa shape index (κ1) is 15.1. The number of hydrogen-bond acceptors (Lipinski definition) is 3. The second-order valence-corrected chi connectivity index (χ2v) is 5.76. The molecule has 1 heterocycles. The fourth-order valence-electron chi connectivity index (χ4n) is 2.27. The molecule has 0 saturated carbocycles. The average Bonchev–Trinajstić information content (AvgIpc) is 2.41. The van der Waals surface area contributed by atoms with Gasteiger partial charge in [-0.25, -0.2) is 0 Å². The molecule has 0 radical (unpaired) electrons. The number of hydrogen-bond donors (Lipinski definition) is 2. The highest BCUT2D eigenvalue weighted by Gasteiger charge is 2.19. The van der Waals surface area contributed by atoms with Crippen LogP contribution in [-0.2, 0) is 0 Å². The van der Waals surface area contributed by atoms with E-state index < -0.39 is 0 Å². The first-order valence-corrected chi connectivity index (χ1v) is 7.42. The molecule has 20 heavy (non-hydrogen) atoms. The van der Waals surface area contributed by atoms with Crippen molar-refractivity contribution in [2.24, 2.45) is 0 Å². The van der Waals surface area contributed by atoms with Gasteiger partial charge in [0.25, 0.3) is 5.91 Å². The fourth-order valence-corrected chi connectivity index (χ4v) is 2.45. The summed E-state index contributed by atoms with van der Waals surface area (Å²) in [6.07, 6.45) is 2.09. The van der Waals surface area contributed by atoms with Crippen molar-refractivity contribution >= 4 is 17.5 Å². The second kappa shape index (κ2) is 6.95. The molecule has 1 aliphatic rings. The highest BCUT2D eigenvalue weighted by atomic mass is 35.5. The van der Waals surface area contributed by atoms with Crippen LogP contribution in [0.1, 0.15) is 37.0 Å². The zero-order valence-electron chi connectivity index (χ0n) is 11.9. The van der Waals surface area contributed by atoms with Gasteiger partial charge in [0.2, 0.25) is 0 Å². The molecular weight excluding hydrogens is 276 g/mol. The van der Waals surface area contributed by atoms with Crippen LogP contribution >= 0.6 is 11.6 Å². The predicted octanol–water partition coefficient (Wildman–Crippen LogP) is 2.61. The molecule has 1 unspecified atom stereocenters. The number of benzene rings is 1. The van der Waals surface area contributed by atoms with Crippen molar-refractivity contribution in [1.29, 1.82) is 0 Å². The molecule has 110 valence electrons. The first-order chi connectivity index (χ1) is 9.56. The highest BCUT2D eigenvalue weighted by molar-refractivity contribution is 6.31. The normalized spacial score (nSPS) is 18.9. The summed E-state index contributed by atoms with van der Waals surface area (Å²) in [5, 5.41) is 6.85. The van der Waals surface area contributed by atoms with Crippen LogP contribution in [0.4, 0.5) is 0 Å². The minimum atomic E-state index is -0.128. The van der Waals surface area contributed by atoms with Gasteiger partial charge in [-0.1, -0.05) is 11.6 Å². The van der Waals surface area contributed by atoms with Gasteiger partial charge in [-0.3, -0.25) is 4.79 Å². The van der Waals surface area contributed by atoms with Gasteiger partial charge in [-0.15, -0.1) is 0 Å². The maximum absolute atomic E-state index is 12.4. The quantitative estimate of drug-likeness (QED) is 0.898. The van der Waals surface area contributed by atoms with Crippen LogP contribution in [0.2, 0.25) is 5.02 Å². The molecule has 2 N–H and O–H groups in total. The summed E-state index contributed by atoms with van der Waals surface area (Å²) in [7, 11) is 0. The molecule has 0 aromatic heterocycles.